The maximum atomic E-state index is 5.91. The zero-order chi connectivity index (χ0) is 19.3. The average molecular weight is 376 g/mol. The lowest BCUT2D eigenvalue weighted by molar-refractivity contribution is 0.0680. The normalized spacial score (nSPS) is 16.1. The van der Waals surface area contributed by atoms with Crippen LogP contribution in [-0.2, 0) is 4.74 Å². The predicted octanol–water partition coefficient (Wildman–Crippen LogP) is 4.46. The Morgan fingerprint density at radius 2 is 2.11 bits per heavy atom. The Balaban J connectivity index is 1.53. The second-order valence-electron chi connectivity index (χ2n) is 6.95. The molecule has 4 rings (SSSR count). The zero-order valence-corrected chi connectivity index (χ0v) is 16.2. The van der Waals surface area contributed by atoms with Gasteiger partial charge in [-0.1, -0.05) is 6.07 Å². The fourth-order valence-electron chi connectivity index (χ4n) is 3.14. The minimum absolute atomic E-state index is 0.199. The van der Waals surface area contributed by atoms with Gasteiger partial charge in [-0.15, -0.1) is 0 Å². The number of nitrogens with one attached hydrogen (secondary N) is 1. The van der Waals surface area contributed by atoms with Crippen molar-refractivity contribution in [2.45, 2.75) is 32.8 Å². The molecule has 6 nitrogen and oxygen atoms in total. The summed E-state index contributed by atoms with van der Waals surface area (Å²) in [6.07, 6.45) is 5.89. The highest BCUT2D eigenvalue weighted by atomic mass is 16.5. The van der Waals surface area contributed by atoms with Crippen molar-refractivity contribution < 1.29 is 9.47 Å². The fraction of sp³-hybridized carbons (Fsp3) is 0.318. The van der Waals surface area contributed by atoms with E-state index < -0.39 is 0 Å². The van der Waals surface area contributed by atoms with Crippen LogP contribution in [0.5, 0.6) is 5.75 Å². The van der Waals surface area contributed by atoms with Crippen LogP contribution in [0.4, 0.5) is 11.5 Å². The third-order valence-corrected chi connectivity index (χ3v) is 4.87. The summed E-state index contributed by atoms with van der Waals surface area (Å²) in [6, 6.07) is 11.8. The lowest BCUT2D eigenvalue weighted by Crippen LogP contribution is -2.16. The number of pyridine rings is 1. The zero-order valence-electron chi connectivity index (χ0n) is 16.2. The molecule has 3 aromatic rings. The Morgan fingerprint density at radius 3 is 2.89 bits per heavy atom. The molecule has 1 fully saturated rings. The van der Waals surface area contributed by atoms with Crippen molar-refractivity contribution in [3.05, 3.63) is 60.0 Å². The van der Waals surface area contributed by atoms with Crippen LogP contribution < -0.4 is 10.1 Å². The summed E-state index contributed by atoms with van der Waals surface area (Å²) in [5.41, 5.74) is 3.76. The summed E-state index contributed by atoms with van der Waals surface area (Å²) in [5.74, 6) is 2.25. The maximum absolute atomic E-state index is 5.91. The summed E-state index contributed by atoms with van der Waals surface area (Å²) in [6.45, 7) is 5.42. The number of anilines is 2. The first-order valence-corrected chi connectivity index (χ1v) is 9.56. The van der Waals surface area contributed by atoms with Crippen LogP contribution in [0.25, 0.3) is 11.4 Å². The molecule has 6 heteroatoms. The van der Waals surface area contributed by atoms with E-state index in [1.54, 1.807) is 12.4 Å². The molecular formula is C22H24N4O2. The molecule has 1 saturated heterocycles. The lowest BCUT2D eigenvalue weighted by atomic mass is 10.2. The van der Waals surface area contributed by atoms with E-state index >= 15 is 0 Å². The Morgan fingerprint density at radius 1 is 1.18 bits per heavy atom. The quantitative estimate of drug-likeness (QED) is 0.685. The Hall–Kier alpha value is -2.99. The van der Waals surface area contributed by atoms with Crippen LogP contribution in [0.2, 0.25) is 0 Å². The summed E-state index contributed by atoms with van der Waals surface area (Å²) < 4.78 is 11.5. The molecule has 1 N–H and O–H groups in total. The van der Waals surface area contributed by atoms with Crippen LogP contribution in [0.3, 0.4) is 0 Å². The number of benzene rings is 1. The minimum atomic E-state index is 0.199. The number of nitrogens with zero attached hydrogens (tertiary/aromatic N) is 3. The highest BCUT2D eigenvalue weighted by Gasteiger charge is 2.16. The van der Waals surface area contributed by atoms with Crippen molar-refractivity contribution in [3.63, 3.8) is 0 Å². The number of hydrogen-bond acceptors (Lipinski definition) is 6. The third kappa shape index (κ3) is 4.28. The van der Waals surface area contributed by atoms with E-state index in [0.717, 1.165) is 53.5 Å². The Kier molecular flexibility index (Phi) is 5.48. The van der Waals surface area contributed by atoms with Crippen molar-refractivity contribution in [1.82, 2.24) is 15.0 Å². The standard InChI is InChI=1S/C22H24N4O2/c1-15-16(2)24-22(17-6-4-10-23-13-17)26-21(15)25-18-7-3-8-19(12-18)28-14-20-9-5-11-27-20/h3-4,6-8,10,12-13,20H,5,9,11,14H2,1-2H3,(H,24,25,26). The molecule has 1 aromatic carbocycles. The van der Waals surface area contributed by atoms with E-state index in [0.29, 0.717) is 12.4 Å². The first-order valence-electron chi connectivity index (χ1n) is 9.56. The Labute approximate surface area is 165 Å². The molecule has 1 unspecified atom stereocenters. The topological polar surface area (TPSA) is 69.2 Å². The van der Waals surface area contributed by atoms with E-state index in [-0.39, 0.29) is 6.10 Å². The predicted molar refractivity (Wildman–Crippen MR) is 109 cm³/mol. The SMILES string of the molecule is Cc1nc(-c2cccnc2)nc(Nc2cccc(OCC3CCCO3)c2)c1C. The van der Waals surface area contributed by atoms with Crippen molar-refractivity contribution in [2.75, 3.05) is 18.5 Å². The summed E-state index contributed by atoms with van der Waals surface area (Å²) in [7, 11) is 0. The molecule has 0 spiro atoms. The lowest BCUT2D eigenvalue weighted by Gasteiger charge is -2.14. The van der Waals surface area contributed by atoms with Gasteiger partial charge >= 0.3 is 0 Å². The van der Waals surface area contributed by atoms with Crippen molar-refractivity contribution in [1.29, 1.82) is 0 Å². The molecule has 3 heterocycles. The number of hydrogen-bond donors (Lipinski definition) is 1. The van der Waals surface area contributed by atoms with Gasteiger partial charge in [0.05, 0.1) is 6.10 Å². The molecule has 1 atom stereocenters. The molecule has 1 aliphatic rings. The van der Waals surface area contributed by atoms with Gasteiger partial charge in [0.25, 0.3) is 0 Å². The van der Waals surface area contributed by atoms with E-state index in [9.17, 15) is 0 Å². The van der Waals surface area contributed by atoms with Crippen molar-refractivity contribution >= 4 is 11.5 Å². The highest BCUT2D eigenvalue weighted by Crippen LogP contribution is 2.26. The first-order chi connectivity index (χ1) is 13.7. The van der Waals surface area contributed by atoms with Crippen molar-refractivity contribution in [3.8, 4) is 17.1 Å². The van der Waals surface area contributed by atoms with Crippen LogP contribution in [0, 0.1) is 13.8 Å². The second kappa shape index (κ2) is 8.35. The van der Waals surface area contributed by atoms with Crippen LogP contribution in [0.1, 0.15) is 24.1 Å². The minimum Gasteiger partial charge on any atom is -0.491 e. The van der Waals surface area contributed by atoms with E-state index in [4.69, 9.17) is 14.5 Å². The van der Waals surface area contributed by atoms with Gasteiger partial charge in [-0.05, 0) is 51.0 Å². The average Bonchev–Trinajstić information content (AvgIpc) is 3.24. The second-order valence-corrected chi connectivity index (χ2v) is 6.95. The number of rotatable bonds is 6. The van der Waals surface area contributed by atoms with Gasteiger partial charge in [-0.25, -0.2) is 9.97 Å². The molecular weight excluding hydrogens is 352 g/mol. The molecule has 144 valence electrons. The molecule has 0 saturated carbocycles. The van der Waals surface area contributed by atoms with Gasteiger partial charge in [0, 0.05) is 47.6 Å². The summed E-state index contributed by atoms with van der Waals surface area (Å²) in [5, 5.41) is 3.41. The number of aryl methyl sites for hydroxylation is 1. The van der Waals surface area contributed by atoms with Crippen LogP contribution >= 0.6 is 0 Å². The number of ether oxygens (including phenoxy) is 2. The molecule has 0 bridgehead atoms. The summed E-state index contributed by atoms with van der Waals surface area (Å²) in [4.78, 5) is 13.5. The van der Waals surface area contributed by atoms with Gasteiger partial charge in [-0.3, -0.25) is 4.98 Å². The van der Waals surface area contributed by atoms with Gasteiger partial charge in [0.15, 0.2) is 5.82 Å². The van der Waals surface area contributed by atoms with Gasteiger partial charge in [0.2, 0.25) is 0 Å². The van der Waals surface area contributed by atoms with E-state index in [1.165, 1.54) is 0 Å². The van der Waals surface area contributed by atoms with Gasteiger partial charge in [-0.2, -0.15) is 0 Å². The van der Waals surface area contributed by atoms with Gasteiger partial charge in [0.1, 0.15) is 18.2 Å². The maximum Gasteiger partial charge on any atom is 0.163 e. The van der Waals surface area contributed by atoms with Crippen molar-refractivity contribution in [2.24, 2.45) is 0 Å². The molecule has 0 aliphatic carbocycles. The molecule has 0 radical (unpaired) electrons. The monoisotopic (exact) mass is 376 g/mol. The van der Waals surface area contributed by atoms with Crippen LogP contribution in [0.15, 0.2) is 48.8 Å². The molecule has 28 heavy (non-hydrogen) atoms. The first kappa shape index (κ1) is 18.4. The third-order valence-electron chi connectivity index (χ3n) is 4.87. The van der Waals surface area contributed by atoms with E-state index in [2.05, 4.69) is 15.3 Å². The fourth-order valence-corrected chi connectivity index (χ4v) is 3.14. The largest absolute Gasteiger partial charge is 0.491 e. The molecule has 0 amide bonds. The smallest absolute Gasteiger partial charge is 0.163 e. The highest BCUT2D eigenvalue weighted by molar-refractivity contribution is 5.65. The summed E-state index contributed by atoms with van der Waals surface area (Å²) >= 11 is 0. The molecule has 2 aromatic heterocycles. The number of aromatic nitrogens is 3. The Bertz CT molecular complexity index is 941. The van der Waals surface area contributed by atoms with Crippen LogP contribution in [-0.4, -0.2) is 34.3 Å². The van der Waals surface area contributed by atoms with Gasteiger partial charge < -0.3 is 14.8 Å². The molecule has 1 aliphatic heterocycles. The van der Waals surface area contributed by atoms with E-state index in [1.807, 2.05) is 50.2 Å².